The van der Waals surface area contributed by atoms with Crippen molar-refractivity contribution >= 4 is 28.3 Å². The predicted molar refractivity (Wildman–Crippen MR) is 61.1 cm³/mol. The van der Waals surface area contributed by atoms with Gasteiger partial charge in [0.2, 0.25) is 0 Å². The van der Waals surface area contributed by atoms with Gasteiger partial charge in [-0.3, -0.25) is 9.78 Å². The van der Waals surface area contributed by atoms with Gasteiger partial charge in [-0.25, -0.2) is 4.39 Å². The van der Waals surface area contributed by atoms with Gasteiger partial charge in [0, 0.05) is 17.5 Å². The first-order valence-electron chi connectivity index (χ1n) is 4.80. The molecule has 2 nitrogen and oxygen atoms in total. The zero-order chi connectivity index (χ0) is 11.7. The first-order chi connectivity index (χ1) is 7.56. The van der Waals surface area contributed by atoms with Crippen molar-refractivity contribution in [2.45, 2.75) is 13.3 Å². The summed E-state index contributed by atoms with van der Waals surface area (Å²) >= 11 is 5.66. The molecule has 0 atom stereocenters. The quantitative estimate of drug-likeness (QED) is 0.803. The van der Waals surface area contributed by atoms with E-state index in [0.29, 0.717) is 16.6 Å². The summed E-state index contributed by atoms with van der Waals surface area (Å²) in [4.78, 5) is 15.2. The minimum absolute atomic E-state index is 0.0416. The highest BCUT2D eigenvalue weighted by atomic mass is 35.5. The predicted octanol–water partition coefficient (Wildman–Crippen LogP) is 3.16. The highest BCUT2D eigenvalue weighted by Crippen LogP contribution is 2.21. The van der Waals surface area contributed by atoms with Crippen molar-refractivity contribution in [1.82, 2.24) is 4.98 Å². The van der Waals surface area contributed by atoms with Gasteiger partial charge in [0.1, 0.15) is 11.6 Å². The zero-order valence-electron chi connectivity index (χ0n) is 8.63. The van der Waals surface area contributed by atoms with Gasteiger partial charge in [0.25, 0.3) is 0 Å². The van der Waals surface area contributed by atoms with Gasteiger partial charge in [-0.05, 0) is 25.1 Å². The minimum atomic E-state index is -0.463. The number of aromatic nitrogens is 1. The molecule has 2 aromatic rings. The standard InChI is InChI=1S/C12H9ClFNO/c1-7(16)4-9-3-2-8-5-11(14)10(13)6-12(8)15-9/h2-3,5-6H,4H2,1H3. The highest BCUT2D eigenvalue weighted by Gasteiger charge is 2.05. The Morgan fingerprint density at radius 1 is 1.44 bits per heavy atom. The SMILES string of the molecule is CC(=O)Cc1ccc2cc(F)c(Cl)cc2n1. The van der Waals surface area contributed by atoms with Gasteiger partial charge in [-0.2, -0.15) is 0 Å². The van der Waals surface area contributed by atoms with E-state index in [-0.39, 0.29) is 17.2 Å². The van der Waals surface area contributed by atoms with Crippen LogP contribution in [0.1, 0.15) is 12.6 Å². The number of carbonyl (C=O) groups is 1. The molecule has 0 bridgehead atoms. The smallest absolute Gasteiger partial charge is 0.142 e. The summed E-state index contributed by atoms with van der Waals surface area (Å²) < 4.78 is 13.1. The van der Waals surface area contributed by atoms with Crippen LogP contribution in [0.5, 0.6) is 0 Å². The molecule has 1 aromatic heterocycles. The molecule has 0 aliphatic rings. The minimum Gasteiger partial charge on any atom is -0.300 e. The maximum Gasteiger partial charge on any atom is 0.142 e. The van der Waals surface area contributed by atoms with E-state index in [1.807, 2.05) is 0 Å². The maximum absolute atomic E-state index is 13.1. The number of nitrogens with zero attached hydrogens (tertiary/aromatic N) is 1. The number of fused-ring (bicyclic) bond motifs is 1. The lowest BCUT2D eigenvalue weighted by Crippen LogP contribution is -1.99. The maximum atomic E-state index is 13.1. The molecule has 82 valence electrons. The van der Waals surface area contributed by atoms with Crippen LogP contribution in [0.3, 0.4) is 0 Å². The summed E-state index contributed by atoms with van der Waals surface area (Å²) in [5.41, 5.74) is 1.27. The van der Waals surface area contributed by atoms with Gasteiger partial charge in [0.05, 0.1) is 10.5 Å². The van der Waals surface area contributed by atoms with Gasteiger partial charge < -0.3 is 0 Å². The molecular formula is C12H9ClFNO. The Hall–Kier alpha value is -1.48. The van der Waals surface area contributed by atoms with Crippen LogP contribution in [0.2, 0.25) is 5.02 Å². The summed E-state index contributed by atoms with van der Waals surface area (Å²) in [6.45, 7) is 1.50. The molecule has 0 unspecified atom stereocenters. The van der Waals surface area contributed by atoms with Crippen LogP contribution >= 0.6 is 11.6 Å². The molecule has 2 rings (SSSR count). The van der Waals surface area contributed by atoms with Crippen LogP contribution in [-0.2, 0) is 11.2 Å². The molecule has 0 amide bonds. The molecule has 0 aliphatic carbocycles. The van der Waals surface area contributed by atoms with Crippen molar-refractivity contribution in [2.24, 2.45) is 0 Å². The van der Waals surface area contributed by atoms with Crippen LogP contribution in [-0.4, -0.2) is 10.8 Å². The van der Waals surface area contributed by atoms with E-state index in [1.54, 1.807) is 12.1 Å². The van der Waals surface area contributed by atoms with Crippen molar-refractivity contribution in [1.29, 1.82) is 0 Å². The number of benzene rings is 1. The number of halogens is 2. The third-order valence-corrected chi connectivity index (χ3v) is 2.51. The van der Waals surface area contributed by atoms with Crippen molar-refractivity contribution in [3.05, 3.63) is 40.8 Å². The fourth-order valence-electron chi connectivity index (χ4n) is 1.51. The molecule has 1 heterocycles. The van der Waals surface area contributed by atoms with Crippen LogP contribution in [0.15, 0.2) is 24.3 Å². The van der Waals surface area contributed by atoms with E-state index in [1.165, 1.54) is 19.1 Å². The number of pyridine rings is 1. The molecule has 0 fully saturated rings. The number of Topliss-reactive ketones (excluding diaryl/α,β-unsaturated/α-hetero) is 1. The molecule has 1 aromatic carbocycles. The molecule has 0 saturated heterocycles. The monoisotopic (exact) mass is 237 g/mol. The first-order valence-corrected chi connectivity index (χ1v) is 5.18. The van der Waals surface area contributed by atoms with E-state index in [2.05, 4.69) is 4.98 Å². The molecule has 0 aliphatic heterocycles. The number of carbonyl (C=O) groups excluding carboxylic acids is 1. The summed E-state index contributed by atoms with van der Waals surface area (Å²) in [6.07, 6.45) is 0.283. The van der Waals surface area contributed by atoms with Gasteiger partial charge >= 0.3 is 0 Å². The number of hydrogen-bond acceptors (Lipinski definition) is 2. The zero-order valence-corrected chi connectivity index (χ0v) is 9.38. The second-order valence-corrected chi connectivity index (χ2v) is 4.05. The second-order valence-electron chi connectivity index (χ2n) is 3.64. The van der Waals surface area contributed by atoms with E-state index in [9.17, 15) is 9.18 Å². The average Bonchev–Trinajstić information content (AvgIpc) is 2.19. The number of rotatable bonds is 2. The molecular weight excluding hydrogens is 229 g/mol. The van der Waals surface area contributed by atoms with E-state index >= 15 is 0 Å². The summed E-state index contributed by atoms with van der Waals surface area (Å²) in [6, 6.07) is 6.26. The number of hydrogen-bond donors (Lipinski definition) is 0. The van der Waals surface area contributed by atoms with Crippen LogP contribution in [0.25, 0.3) is 10.9 Å². The first kappa shape index (κ1) is 11.0. The van der Waals surface area contributed by atoms with Crippen molar-refractivity contribution in [3.63, 3.8) is 0 Å². The van der Waals surface area contributed by atoms with Crippen molar-refractivity contribution in [2.75, 3.05) is 0 Å². The average molecular weight is 238 g/mol. The lowest BCUT2D eigenvalue weighted by atomic mass is 10.1. The summed E-state index contributed by atoms with van der Waals surface area (Å²) in [5.74, 6) is -0.421. The Labute approximate surface area is 97.1 Å². The third-order valence-electron chi connectivity index (χ3n) is 2.22. The van der Waals surface area contributed by atoms with Crippen LogP contribution in [0.4, 0.5) is 4.39 Å². The van der Waals surface area contributed by atoms with Crippen molar-refractivity contribution in [3.8, 4) is 0 Å². The molecule has 0 saturated carbocycles. The number of ketones is 1. The fraction of sp³-hybridized carbons (Fsp3) is 0.167. The Morgan fingerprint density at radius 3 is 2.88 bits per heavy atom. The largest absolute Gasteiger partial charge is 0.300 e. The molecule has 4 heteroatoms. The van der Waals surface area contributed by atoms with E-state index in [4.69, 9.17) is 11.6 Å². The Kier molecular flexibility index (Phi) is 2.88. The van der Waals surface area contributed by atoms with Crippen molar-refractivity contribution < 1.29 is 9.18 Å². The van der Waals surface area contributed by atoms with E-state index < -0.39 is 5.82 Å². The molecule has 0 radical (unpaired) electrons. The summed E-state index contributed by atoms with van der Waals surface area (Å²) in [7, 11) is 0. The lowest BCUT2D eigenvalue weighted by molar-refractivity contribution is -0.116. The molecule has 0 spiro atoms. The highest BCUT2D eigenvalue weighted by molar-refractivity contribution is 6.31. The normalized spacial score (nSPS) is 10.7. The third kappa shape index (κ3) is 2.19. The van der Waals surface area contributed by atoms with Crippen LogP contribution in [0, 0.1) is 5.82 Å². The van der Waals surface area contributed by atoms with E-state index in [0.717, 1.165) is 0 Å². The van der Waals surface area contributed by atoms with Gasteiger partial charge in [-0.1, -0.05) is 17.7 Å². The van der Waals surface area contributed by atoms with Gasteiger partial charge in [-0.15, -0.1) is 0 Å². The summed E-state index contributed by atoms with van der Waals surface area (Å²) in [5, 5.41) is 0.717. The molecule has 0 N–H and O–H groups in total. The Bertz CT molecular complexity index is 568. The Balaban J connectivity index is 2.53. The van der Waals surface area contributed by atoms with Gasteiger partial charge in [0.15, 0.2) is 0 Å². The lowest BCUT2D eigenvalue weighted by Gasteiger charge is -2.02. The Morgan fingerprint density at radius 2 is 2.19 bits per heavy atom. The fourth-order valence-corrected chi connectivity index (χ4v) is 1.67. The topological polar surface area (TPSA) is 30.0 Å². The second kappa shape index (κ2) is 4.18. The van der Waals surface area contributed by atoms with Crippen LogP contribution < -0.4 is 0 Å². The molecule has 16 heavy (non-hydrogen) atoms.